The van der Waals surface area contributed by atoms with E-state index in [-0.39, 0.29) is 28.4 Å². The quantitative estimate of drug-likeness (QED) is 0.839. The van der Waals surface area contributed by atoms with Crippen LogP contribution in [0.4, 0.5) is 4.39 Å². The van der Waals surface area contributed by atoms with Gasteiger partial charge in [-0.25, -0.2) is 4.39 Å². The SMILES string of the molecule is Cc1c2c(c(O)c(=O)n1Cc1ccc(F)c(Cl)c1)C(=O)N(C)C2=O. The molecule has 1 aliphatic rings. The molecule has 0 atom stereocenters. The predicted octanol–water partition coefficient (Wildman–Crippen LogP) is 1.93. The van der Waals surface area contributed by atoms with Crippen molar-refractivity contribution in [3.05, 3.63) is 61.8 Å². The van der Waals surface area contributed by atoms with Crippen LogP contribution < -0.4 is 5.56 Å². The van der Waals surface area contributed by atoms with Gasteiger partial charge in [-0.3, -0.25) is 19.3 Å². The van der Waals surface area contributed by atoms with Crippen LogP contribution in [-0.4, -0.2) is 33.4 Å². The van der Waals surface area contributed by atoms with Crippen molar-refractivity contribution in [1.82, 2.24) is 9.47 Å². The molecule has 1 aliphatic heterocycles. The Labute approximate surface area is 140 Å². The third kappa shape index (κ3) is 2.20. The number of carbonyl (C=O) groups excluding carboxylic acids is 2. The highest BCUT2D eigenvalue weighted by Crippen LogP contribution is 2.29. The lowest BCUT2D eigenvalue weighted by Crippen LogP contribution is -2.26. The molecule has 1 N–H and O–H groups in total. The van der Waals surface area contributed by atoms with E-state index < -0.39 is 28.9 Å². The molecule has 2 aromatic rings. The molecule has 0 fully saturated rings. The minimum atomic E-state index is -0.803. The molecule has 0 saturated heterocycles. The Bertz CT molecular complexity index is 968. The lowest BCUT2D eigenvalue weighted by atomic mass is 10.1. The highest BCUT2D eigenvalue weighted by atomic mass is 35.5. The van der Waals surface area contributed by atoms with E-state index >= 15 is 0 Å². The molecule has 1 aromatic heterocycles. The molecule has 0 saturated carbocycles. The summed E-state index contributed by atoms with van der Waals surface area (Å²) in [5, 5.41) is 9.98. The van der Waals surface area contributed by atoms with E-state index in [1.807, 2.05) is 0 Å². The second-order valence-electron chi connectivity index (χ2n) is 5.49. The lowest BCUT2D eigenvalue weighted by Gasteiger charge is -2.14. The molecule has 6 nitrogen and oxygen atoms in total. The van der Waals surface area contributed by atoms with E-state index in [4.69, 9.17) is 11.6 Å². The van der Waals surface area contributed by atoms with Crippen LogP contribution in [0.3, 0.4) is 0 Å². The first kappa shape index (κ1) is 16.2. The highest BCUT2D eigenvalue weighted by molar-refractivity contribution is 6.30. The van der Waals surface area contributed by atoms with Gasteiger partial charge in [-0.05, 0) is 24.6 Å². The van der Waals surface area contributed by atoms with Gasteiger partial charge in [-0.15, -0.1) is 0 Å². The molecular formula is C16H12ClFN2O4. The molecule has 0 bridgehead atoms. The third-order valence-electron chi connectivity index (χ3n) is 4.06. The first-order valence-corrected chi connectivity index (χ1v) is 7.34. The van der Waals surface area contributed by atoms with Crippen molar-refractivity contribution in [3.8, 4) is 5.75 Å². The fourth-order valence-corrected chi connectivity index (χ4v) is 2.93. The third-order valence-corrected chi connectivity index (χ3v) is 4.35. The number of aromatic hydroxyl groups is 1. The normalized spacial score (nSPS) is 13.6. The lowest BCUT2D eigenvalue weighted by molar-refractivity contribution is 0.0692. The minimum Gasteiger partial charge on any atom is -0.502 e. The maximum absolute atomic E-state index is 13.2. The van der Waals surface area contributed by atoms with Crippen molar-refractivity contribution >= 4 is 23.4 Å². The number of carbonyl (C=O) groups is 2. The standard InChI is InChI=1S/C16H12ClFN2O4/c1-7-11-12(15(23)19(2)14(11)22)13(21)16(24)20(7)6-8-3-4-10(18)9(17)5-8/h3-5,21H,6H2,1-2H3. The Hall–Kier alpha value is -2.67. The van der Waals surface area contributed by atoms with Crippen LogP contribution in [0.5, 0.6) is 5.75 Å². The summed E-state index contributed by atoms with van der Waals surface area (Å²) in [7, 11) is 1.28. The van der Waals surface area contributed by atoms with Crippen molar-refractivity contribution in [2.45, 2.75) is 13.5 Å². The molecule has 0 spiro atoms. The summed E-state index contributed by atoms with van der Waals surface area (Å²) in [6.07, 6.45) is 0. The van der Waals surface area contributed by atoms with Crippen molar-refractivity contribution in [2.24, 2.45) is 0 Å². The Balaban J connectivity index is 2.19. The average Bonchev–Trinajstić information content (AvgIpc) is 2.77. The molecule has 3 rings (SSSR count). The monoisotopic (exact) mass is 350 g/mol. The molecule has 0 radical (unpaired) electrons. The largest absolute Gasteiger partial charge is 0.502 e. The van der Waals surface area contributed by atoms with Gasteiger partial charge in [-0.2, -0.15) is 0 Å². The van der Waals surface area contributed by atoms with Crippen LogP contribution in [0.15, 0.2) is 23.0 Å². The van der Waals surface area contributed by atoms with Crippen molar-refractivity contribution in [1.29, 1.82) is 0 Å². The van der Waals surface area contributed by atoms with Gasteiger partial charge in [0.05, 0.1) is 17.1 Å². The molecule has 2 heterocycles. The molecule has 1 aromatic carbocycles. The Morgan fingerprint density at radius 3 is 2.42 bits per heavy atom. The van der Waals surface area contributed by atoms with Crippen molar-refractivity contribution in [3.63, 3.8) is 0 Å². The van der Waals surface area contributed by atoms with Crippen molar-refractivity contribution < 1.29 is 19.1 Å². The van der Waals surface area contributed by atoms with Crippen LogP contribution in [0, 0.1) is 12.7 Å². The van der Waals surface area contributed by atoms with Gasteiger partial charge in [0, 0.05) is 12.7 Å². The van der Waals surface area contributed by atoms with Crippen molar-refractivity contribution in [2.75, 3.05) is 7.05 Å². The summed E-state index contributed by atoms with van der Waals surface area (Å²) >= 11 is 5.73. The fraction of sp³-hybridized carbons (Fsp3) is 0.188. The van der Waals surface area contributed by atoms with E-state index in [1.54, 1.807) is 0 Å². The predicted molar refractivity (Wildman–Crippen MR) is 84.0 cm³/mol. The van der Waals surface area contributed by atoms with Gasteiger partial charge in [0.25, 0.3) is 17.4 Å². The maximum atomic E-state index is 13.2. The molecule has 0 aliphatic carbocycles. The van der Waals surface area contributed by atoms with E-state index in [2.05, 4.69) is 0 Å². The Morgan fingerprint density at radius 2 is 1.79 bits per heavy atom. The minimum absolute atomic E-state index is 0.00666. The molecule has 2 amide bonds. The number of fused-ring (bicyclic) bond motifs is 1. The van der Waals surface area contributed by atoms with Gasteiger partial charge in [0.1, 0.15) is 11.4 Å². The van der Waals surface area contributed by atoms with Gasteiger partial charge >= 0.3 is 0 Å². The second-order valence-corrected chi connectivity index (χ2v) is 5.90. The second kappa shape index (κ2) is 5.45. The zero-order valence-corrected chi connectivity index (χ0v) is 13.5. The zero-order valence-electron chi connectivity index (χ0n) is 12.8. The van der Waals surface area contributed by atoms with Crippen LogP contribution in [0.1, 0.15) is 32.0 Å². The van der Waals surface area contributed by atoms with Gasteiger partial charge in [0.15, 0.2) is 5.75 Å². The molecule has 8 heteroatoms. The number of aromatic nitrogens is 1. The van der Waals surface area contributed by atoms with Crippen LogP contribution >= 0.6 is 11.6 Å². The number of pyridine rings is 1. The van der Waals surface area contributed by atoms with Gasteiger partial charge in [-0.1, -0.05) is 17.7 Å². The summed E-state index contributed by atoms with van der Waals surface area (Å²) in [6, 6.07) is 3.95. The number of halogens is 2. The number of rotatable bonds is 2. The van der Waals surface area contributed by atoms with Gasteiger partial charge < -0.3 is 9.67 Å². The van der Waals surface area contributed by atoms with Crippen LogP contribution in [0.2, 0.25) is 5.02 Å². The zero-order chi connectivity index (χ0) is 17.8. The summed E-state index contributed by atoms with van der Waals surface area (Å²) in [5.41, 5.74) is -0.332. The Kier molecular flexibility index (Phi) is 3.68. The smallest absolute Gasteiger partial charge is 0.294 e. The summed E-state index contributed by atoms with van der Waals surface area (Å²) in [6.45, 7) is 1.48. The molecule has 124 valence electrons. The van der Waals surface area contributed by atoms with E-state index in [0.29, 0.717) is 5.56 Å². The molecule has 24 heavy (non-hydrogen) atoms. The van der Waals surface area contributed by atoms with E-state index in [1.165, 1.54) is 26.1 Å². The number of benzene rings is 1. The number of nitrogens with zero attached hydrogens (tertiary/aromatic N) is 2. The Morgan fingerprint density at radius 1 is 1.17 bits per heavy atom. The van der Waals surface area contributed by atoms with Crippen LogP contribution in [-0.2, 0) is 6.54 Å². The summed E-state index contributed by atoms with van der Waals surface area (Å²) in [4.78, 5) is 37.5. The highest BCUT2D eigenvalue weighted by Gasteiger charge is 2.39. The summed E-state index contributed by atoms with van der Waals surface area (Å²) in [5.74, 6) is -2.67. The first-order chi connectivity index (χ1) is 11.2. The maximum Gasteiger partial charge on any atom is 0.294 e. The fourth-order valence-electron chi connectivity index (χ4n) is 2.73. The topological polar surface area (TPSA) is 79.6 Å². The number of amides is 2. The van der Waals surface area contributed by atoms with E-state index in [9.17, 15) is 23.9 Å². The van der Waals surface area contributed by atoms with Crippen LogP contribution in [0.25, 0.3) is 0 Å². The molecule has 0 unspecified atom stereocenters. The first-order valence-electron chi connectivity index (χ1n) is 6.96. The number of imide groups is 1. The molecular weight excluding hydrogens is 339 g/mol. The summed E-state index contributed by atoms with van der Waals surface area (Å²) < 4.78 is 14.4. The average molecular weight is 351 g/mol. The number of hydrogen-bond acceptors (Lipinski definition) is 4. The number of hydrogen-bond donors (Lipinski definition) is 1. The van der Waals surface area contributed by atoms with E-state index in [0.717, 1.165) is 15.5 Å². The van der Waals surface area contributed by atoms with Gasteiger partial charge in [0.2, 0.25) is 0 Å².